The third-order valence-electron chi connectivity index (χ3n) is 4.30. The molecule has 1 aromatic heterocycles. The molecule has 0 bridgehead atoms. The normalized spacial score (nSPS) is 29.5. The molecule has 0 saturated carbocycles. The standard InChI is InChI=1S/C15H24N4O2/c1-11-4-5-16-14(7-11)15(20)18-12-8-17-19(9-12)10-13-3-2-6-21-13/h8-9,11,13-14,16H,2-7,10H2,1H3,(H,18,20). The van der Waals surface area contributed by atoms with Crippen LogP contribution in [-0.4, -0.2) is 41.0 Å². The maximum Gasteiger partial charge on any atom is 0.241 e. The molecule has 3 atom stereocenters. The van der Waals surface area contributed by atoms with E-state index in [-0.39, 0.29) is 18.1 Å². The molecule has 116 valence electrons. The summed E-state index contributed by atoms with van der Waals surface area (Å²) in [5.74, 6) is 0.641. The highest BCUT2D eigenvalue weighted by Crippen LogP contribution is 2.17. The SMILES string of the molecule is CC1CCNC(C(=O)Nc2cnn(CC3CCCO3)c2)C1. The van der Waals surface area contributed by atoms with Gasteiger partial charge in [0, 0.05) is 12.8 Å². The van der Waals surface area contributed by atoms with Gasteiger partial charge in [-0.25, -0.2) is 0 Å². The lowest BCUT2D eigenvalue weighted by atomic mass is 9.94. The Morgan fingerprint density at radius 2 is 2.48 bits per heavy atom. The molecule has 6 heteroatoms. The Labute approximate surface area is 125 Å². The van der Waals surface area contributed by atoms with Gasteiger partial charge in [0.2, 0.25) is 5.91 Å². The van der Waals surface area contributed by atoms with Crippen molar-refractivity contribution >= 4 is 11.6 Å². The average Bonchev–Trinajstić information content (AvgIpc) is 3.11. The Bertz CT molecular complexity index is 482. The molecule has 3 unspecified atom stereocenters. The minimum Gasteiger partial charge on any atom is -0.376 e. The summed E-state index contributed by atoms with van der Waals surface area (Å²) < 4.78 is 7.45. The van der Waals surface area contributed by atoms with Crippen molar-refractivity contribution in [1.82, 2.24) is 15.1 Å². The molecule has 0 aliphatic carbocycles. The van der Waals surface area contributed by atoms with Crippen molar-refractivity contribution in [1.29, 1.82) is 0 Å². The zero-order valence-corrected chi connectivity index (χ0v) is 12.5. The third-order valence-corrected chi connectivity index (χ3v) is 4.30. The minimum atomic E-state index is -0.0877. The highest BCUT2D eigenvalue weighted by molar-refractivity contribution is 5.94. The fourth-order valence-electron chi connectivity index (χ4n) is 3.06. The molecular formula is C15H24N4O2. The van der Waals surface area contributed by atoms with Gasteiger partial charge < -0.3 is 15.4 Å². The van der Waals surface area contributed by atoms with Gasteiger partial charge in [-0.15, -0.1) is 0 Å². The molecule has 2 N–H and O–H groups in total. The van der Waals surface area contributed by atoms with Crippen molar-refractivity contribution in [2.75, 3.05) is 18.5 Å². The number of nitrogens with zero attached hydrogens (tertiary/aromatic N) is 2. The molecule has 2 saturated heterocycles. The number of anilines is 1. The van der Waals surface area contributed by atoms with E-state index in [1.165, 1.54) is 0 Å². The van der Waals surface area contributed by atoms with E-state index in [0.717, 1.165) is 51.1 Å². The fourth-order valence-corrected chi connectivity index (χ4v) is 3.06. The minimum absolute atomic E-state index is 0.0400. The lowest BCUT2D eigenvalue weighted by molar-refractivity contribution is -0.119. The monoisotopic (exact) mass is 292 g/mol. The van der Waals surface area contributed by atoms with E-state index < -0.39 is 0 Å². The molecule has 21 heavy (non-hydrogen) atoms. The van der Waals surface area contributed by atoms with Crippen molar-refractivity contribution in [3.8, 4) is 0 Å². The van der Waals surface area contributed by atoms with Gasteiger partial charge in [0.1, 0.15) is 0 Å². The largest absolute Gasteiger partial charge is 0.376 e. The van der Waals surface area contributed by atoms with Crippen molar-refractivity contribution < 1.29 is 9.53 Å². The first-order valence-corrected chi connectivity index (χ1v) is 7.89. The third kappa shape index (κ3) is 3.83. The second-order valence-electron chi connectivity index (χ2n) is 6.21. The predicted octanol–water partition coefficient (Wildman–Crippen LogP) is 1.39. The molecule has 2 aliphatic heterocycles. The molecule has 2 aliphatic rings. The van der Waals surface area contributed by atoms with Gasteiger partial charge in [0.15, 0.2) is 0 Å². The van der Waals surface area contributed by atoms with E-state index in [0.29, 0.717) is 5.92 Å². The van der Waals surface area contributed by atoms with E-state index >= 15 is 0 Å². The Hall–Kier alpha value is -1.40. The first-order valence-electron chi connectivity index (χ1n) is 7.89. The predicted molar refractivity (Wildman–Crippen MR) is 80.0 cm³/mol. The van der Waals surface area contributed by atoms with E-state index in [2.05, 4.69) is 22.7 Å². The summed E-state index contributed by atoms with van der Waals surface area (Å²) in [7, 11) is 0. The van der Waals surface area contributed by atoms with Gasteiger partial charge in [-0.2, -0.15) is 5.10 Å². The molecule has 6 nitrogen and oxygen atoms in total. The van der Waals surface area contributed by atoms with E-state index in [4.69, 9.17) is 4.74 Å². The fraction of sp³-hybridized carbons (Fsp3) is 0.733. The molecule has 0 aromatic carbocycles. The van der Waals surface area contributed by atoms with Crippen molar-refractivity contribution in [3.05, 3.63) is 12.4 Å². The zero-order chi connectivity index (χ0) is 14.7. The molecule has 1 aromatic rings. The Morgan fingerprint density at radius 3 is 3.24 bits per heavy atom. The van der Waals surface area contributed by atoms with E-state index in [1.54, 1.807) is 6.20 Å². The number of ether oxygens (including phenoxy) is 1. The number of piperidine rings is 1. The van der Waals surface area contributed by atoms with Gasteiger partial charge in [-0.3, -0.25) is 9.48 Å². The second kappa shape index (κ2) is 6.58. The number of carbonyl (C=O) groups is 1. The molecule has 0 radical (unpaired) electrons. The Morgan fingerprint density at radius 1 is 1.57 bits per heavy atom. The van der Waals surface area contributed by atoms with Crippen LogP contribution in [0.15, 0.2) is 12.4 Å². The van der Waals surface area contributed by atoms with Crippen LogP contribution in [0.1, 0.15) is 32.6 Å². The van der Waals surface area contributed by atoms with Crippen LogP contribution in [0.25, 0.3) is 0 Å². The van der Waals surface area contributed by atoms with Gasteiger partial charge >= 0.3 is 0 Å². The average molecular weight is 292 g/mol. The number of nitrogens with one attached hydrogen (secondary N) is 2. The van der Waals surface area contributed by atoms with Crippen molar-refractivity contribution in [3.63, 3.8) is 0 Å². The first-order chi connectivity index (χ1) is 10.2. The maximum absolute atomic E-state index is 12.2. The molecule has 3 rings (SSSR count). The van der Waals surface area contributed by atoms with Crippen LogP contribution in [0, 0.1) is 5.92 Å². The number of carbonyl (C=O) groups excluding carboxylic acids is 1. The number of hydrogen-bond acceptors (Lipinski definition) is 4. The summed E-state index contributed by atoms with van der Waals surface area (Å²) in [6, 6.07) is -0.0877. The van der Waals surface area contributed by atoms with Crippen LogP contribution < -0.4 is 10.6 Å². The second-order valence-corrected chi connectivity index (χ2v) is 6.21. The lowest BCUT2D eigenvalue weighted by Gasteiger charge is -2.26. The summed E-state index contributed by atoms with van der Waals surface area (Å²) in [6.07, 6.45) is 8.10. The topological polar surface area (TPSA) is 68.2 Å². The van der Waals surface area contributed by atoms with E-state index in [9.17, 15) is 4.79 Å². The number of amides is 1. The summed E-state index contributed by atoms with van der Waals surface area (Å²) in [6.45, 7) is 4.72. The van der Waals surface area contributed by atoms with Crippen LogP contribution in [0.4, 0.5) is 5.69 Å². The summed E-state index contributed by atoms with van der Waals surface area (Å²) in [5.41, 5.74) is 0.762. The Kier molecular flexibility index (Phi) is 4.55. The maximum atomic E-state index is 12.2. The van der Waals surface area contributed by atoms with Crippen LogP contribution >= 0.6 is 0 Å². The summed E-state index contributed by atoms with van der Waals surface area (Å²) in [4.78, 5) is 12.2. The summed E-state index contributed by atoms with van der Waals surface area (Å²) in [5, 5.41) is 10.5. The molecule has 3 heterocycles. The molecule has 2 fully saturated rings. The number of aromatic nitrogens is 2. The van der Waals surface area contributed by atoms with Gasteiger partial charge in [-0.1, -0.05) is 6.92 Å². The van der Waals surface area contributed by atoms with Gasteiger partial charge in [-0.05, 0) is 38.1 Å². The van der Waals surface area contributed by atoms with E-state index in [1.807, 2.05) is 10.9 Å². The van der Waals surface area contributed by atoms with Crippen molar-refractivity contribution in [2.45, 2.75) is 51.3 Å². The summed E-state index contributed by atoms with van der Waals surface area (Å²) >= 11 is 0. The highest BCUT2D eigenvalue weighted by Gasteiger charge is 2.24. The van der Waals surface area contributed by atoms with Gasteiger partial charge in [0.25, 0.3) is 0 Å². The quantitative estimate of drug-likeness (QED) is 0.880. The lowest BCUT2D eigenvalue weighted by Crippen LogP contribution is -2.45. The number of rotatable bonds is 4. The Balaban J connectivity index is 1.52. The molecular weight excluding hydrogens is 268 g/mol. The number of hydrogen-bond donors (Lipinski definition) is 2. The molecule has 0 spiro atoms. The van der Waals surface area contributed by atoms with Crippen LogP contribution in [0.5, 0.6) is 0 Å². The smallest absolute Gasteiger partial charge is 0.241 e. The zero-order valence-electron chi connectivity index (χ0n) is 12.5. The van der Waals surface area contributed by atoms with Gasteiger partial charge in [0.05, 0.1) is 30.6 Å². The molecule has 1 amide bonds. The van der Waals surface area contributed by atoms with Crippen LogP contribution in [0.2, 0.25) is 0 Å². The van der Waals surface area contributed by atoms with Crippen molar-refractivity contribution in [2.24, 2.45) is 5.92 Å². The van der Waals surface area contributed by atoms with Crippen LogP contribution in [-0.2, 0) is 16.1 Å². The van der Waals surface area contributed by atoms with Crippen LogP contribution in [0.3, 0.4) is 0 Å². The first kappa shape index (κ1) is 14.5. The highest BCUT2D eigenvalue weighted by atomic mass is 16.5.